The van der Waals surface area contributed by atoms with Crippen LogP contribution in [-0.2, 0) is 6.54 Å². The van der Waals surface area contributed by atoms with Crippen LogP contribution in [0.3, 0.4) is 0 Å². The number of rotatable bonds is 4. The van der Waals surface area contributed by atoms with Crippen molar-refractivity contribution in [3.8, 4) is 22.9 Å². The molecule has 0 radical (unpaired) electrons. The fourth-order valence-corrected chi connectivity index (χ4v) is 3.76. The Morgan fingerprint density at radius 1 is 0.808 bits per heavy atom. The molecular weight excluding hydrogens is 318 g/mol. The number of benzene rings is 1. The number of nitrogens with zero attached hydrogens (tertiary/aromatic N) is 3. The summed E-state index contributed by atoms with van der Waals surface area (Å²) < 4.78 is 4.38. The summed E-state index contributed by atoms with van der Waals surface area (Å²) in [5, 5.41) is 8.90. The first-order valence-electron chi connectivity index (χ1n) is 9.33. The first kappa shape index (κ1) is 16.5. The number of hydrogen-bond acceptors (Lipinski definition) is 1. The largest absolute Gasteiger partial charge is 0.210 e. The normalized spacial score (nSPS) is 14.3. The lowest BCUT2D eigenvalue weighted by Crippen LogP contribution is -2.35. The van der Waals surface area contributed by atoms with Gasteiger partial charge in [-0.25, -0.2) is 4.57 Å². The van der Waals surface area contributed by atoms with Gasteiger partial charge in [0.1, 0.15) is 0 Å². The molecular formula is C23H23N3+2. The Bertz CT molecular complexity index is 898. The van der Waals surface area contributed by atoms with Crippen LogP contribution in [0, 0.1) is 17.2 Å². The third-order valence-electron chi connectivity index (χ3n) is 5.29. The lowest BCUT2D eigenvalue weighted by Gasteiger charge is -2.05. The molecule has 2 aromatic heterocycles. The monoisotopic (exact) mass is 341 g/mol. The summed E-state index contributed by atoms with van der Waals surface area (Å²) in [6.45, 7) is 1.15. The molecule has 1 aliphatic rings. The van der Waals surface area contributed by atoms with Gasteiger partial charge in [0, 0.05) is 42.3 Å². The quantitative estimate of drug-likeness (QED) is 0.661. The van der Waals surface area contributed by atoms with E-state index in [-0.39, 0.29) is 0 Å². The lowest BCUT2D eigenvalue weighted by molar-refractivity contribution is -0.703. The highest BCUT2D eigenvalue weighted by molar-refractivity contribution is 5.61. The molecule has 0 bridgehead atoms. The van der Waals surface area contributed by atoms with Gasteiger partial charge >= 0.3 is 0 Å². The maximum atomic E-state index is 8.90. The van der Waals surface area contributed by atoms with Gasteiger partial charge in [0.05, 0.1) is 11.6 Å². The molecule has 1 aromatic carbocycles. The Kier molecular flexibility index (Phi) is 4.75. The van der Waals surface area contributed by atoms with E-state index in [4.69, 9.17) is 5.26 Å². The maximum absolute atomic E-state index is 8.90. The summed E-state index contributed by atoms with van der Waals surface area (Å²) in [7, 11) is 0. The number of pyridine rings is 2. The Labute approximate surface area is 154 Å². The summed E-state index contributed by atoms with van der Waals surface area (Å²) in [4.78, 5) is 0. The highest BCUT2D eigenvalue weighted by Crippen LogP contribution is 2.24. The summed E-state index contributed by atoms with van der Waals surface area (Å²) >= 11 is 0. The first-order valence-corrected chi connectivity index (χ1v) is 9.33. The minimum Gasteiger partial charge on any atom is -0.205 e. The van der Waals surface area contributed by atoms with E-state index in [9.17, 15) is 0 Å². The zero-order chi connectivity index (χ0) is 17.8. The summed E-state index contributed by atoms with van der Waals surface area (Å²) in [5.74, 6) is 0.856. The molecule has 0 spiro atoms. The van der Waals surface area contributed by atoms with Crippen molar-refractivity contribution in [1.29, 1.82) is 5.26 Å². The van der Waals surface area contributed by atoms with E-state index in [1.54, 1.807) is 0 Å². The molecule has 0 saturated heterocycles. The van der Waals surface area contributed by atoms with Gasteiger partial charge in [0.25, 0.3) is 0 Å². The SMILES string of the molecule is N#Cc1ccc(-[n+]2ccc(-c3cc[n+](CC4CCCC4)cc3)cc2)cc1. The van der Waals surface area contributed by atoms with E-state index >= 15 is 0 Å². The van der Waals surface area contributed by atoms with Crippen molar-refractivity contribution in [1.82, 2.24) is 0 Å². The molecule has 26 heavy (non-hydrogen) atoms. The van der Waals surface area contributed by atoms with Gasteiger partial charge in [0.2, 0.25) is 5.69 Å². The molecule has 0 unspecified atom stereocenters. The zero-order valence-corrected chi connectivity index (χ0v) is 14.9. The van der Waals surface area contributed by atoms with Gasteiger partial charge < -0.3 is 0 Å². The second-order valence-electron chi connectivity index (χ2n) is 7.09. The minimum atomic E-state index is 0.682. The smallest absolute Gasteiger partial charge is 0.205 e. The van der Waals surface area contributed by atoms with Gasteiger partial charge in [-0.15, -0.1) is 0 Å². The molecule has 3 aromatic rings. The highest BCUT2D eigenvalue weighted by atomic mass is 14.9. The third-order valence-corrected chi connectivity index (χ3v) is 5.29. The van der Waals surface area contributed by atoms with E-state index in [1.165, 1.54) is 36.8 Å². The Morgan fingerprint density at radius 3 is 1.96 bits per heavy atom. The van der Waals surface area contributed by atoms with E-state index in [1.807, 2.05) is 24.3 Å². The van der Waals surface area contributed by atoms with Crippen LogP contribution in [0.15, 0.2) is 73.3 Å². The molecule has 3 nitrogen and oxygen atoms in total. The van der Waals surface area contributed by atoms with Gasteiger partial charge in [-0.2, -0.15) is 9.83 Å². The average molecular weight is 341 g/mol. The Morgan fingerprint density at radius 2 is 1.38 bits per heavy atom. The number of nitriles is 1. The molecule has 0 N–H and O–H groups in total. The summed E-state index contributed by atoms with van der Waals surface area (Å²) in [5.41, 5.74) is 4.18. The van der Waals surface area contributed by atoms with Crippen LogP contribution in [0.5, 0.6) is 0 Å². The van der Waals surface area contributed by atoms with Crippen molar-refractivity contribution in [2.24, 2.45) is 5.92 Å². The van der Waals surface area contributed by atoms with Crippen LogP contribution in [0.1, 0.15) is 31.2 Å². The van der Waals surface area contributed by atoms with Crippen molar-refractivity contribution < 1.29 is 9.13 Å². The Balaban J connectivity index is 1.48. The van der Waals surface area contributed by atoms with Crippen LogP contribution in [0.25, 0.3) is 16.8 Å². The van der Waals surface area contributed by atoms with E-state index in [0.29, 0.717) is 5.56 Å². The van der Waals surface area contributed by atoms with Crippen LogP contribution in [0.4, 0.5) is 0 Å². The van der Waals surface area contributed by atoms with Crippen molar-refractivity contribution in [3.63, 3.8) is 0 Å². The molecule has 0 atom stereocenters. The fraction of sp³-hybridized carbons (Fsp3) is 0.261. The van der Waals surface area contributed by atoms with Gasteiger partial charge in [-0.05, 0) is 36.1 Å². The molecule has 128 valence electrons. The maximum Gasteiger partial charge on any atom is 0.210 e. The topological polar surface area (TPSA) is 31.5 Å². The molecule has 2 heterocycles. The van der Waals surface area contributed by atoms with Crippen LogP contribution < -0.4 is 9.13 Å². The summed E-state index contributed by atoms with van der Waals surface area (Å²) in [6.07, 6.45) is 14.1. The minimum absolute atomic E-state index is 0.682. The van der Waals surface area contributed by atoms with Crippen molar-refractivity contribution >= 4 is 0 Å². The third kappa shape index (κ3) is 3.65. The zero-order valence-electron chi connectivity index (χ0n) is 14.9. The molecule has 1 aliphatic carbocycles. The van der Waals surface area contributed by atoms with E-state index < -0.39 is 0 Å². The highest BCUT2D eigenvalue weighted by Gasteiger charge is 2.19. The second kappa shape index (κ2) is 7.49. The molecule has 3 heteroatoms. The van der Waals surface area contributed by atoms with Gasteiger partial charge in [0.15, 0.2) is 31.3 Å². The lowest BCUT2D eigenvalue weighted by atomic mass is 10.1. The van der Waals surface area contributed by atoms with Crippen molar-refractivity contribution in [2.75, 3.05) is 0 Å². The predicted molar refractivity (Wildman–Crippen MR) is 100 cm³/mol. The van der Waals surface area contributed by atoms with E-state index in [0.717, 1.165) is 18.2 Å². The van der Waals surface area contributed by atoms with Crippen molar-refractivity contribution in [3.05, 3.63) is 78.9 Å². The van der Waals surface area contributed by atoms with E-state index in [2.05, 4.69) is 64.3 Å². The predicted octanol–water partition coefficient (Wildman–Crippen LogP) is 3.98. The van der Waals surface area contributed by atoms with Crippen LogP contribution in [0.2, 0.25) is 0 Å². The van der Waals surface area contributed by atoms with Crippen molar-refractivity contribution in [2.45, 2.75) is 32.2 Å². The molecule has 0 amide bonds. The Hall–Kier alpha value is -2.99. The van der Waals surface area contributed by atoms with Gasteiger partial charge in [-0.1, -0.05) is 12.8 Å². The first-order chi connectivity index (χ1) is 12.8. The van der Waals surface area contributed by atoms with Gasteiger partial charge in [-0.3, -0.25) is 0 Å². The number of aromatic nitrogens is 2. The second-order valence-corrected chi connectivity index (χ2v) is 7.09. The molecule has 1 saturated carbocycles. The van der Waals surface area contributed by atoms with Crippen LogP contribution >= 0.6 is 0 Å². The standard InChI is InChI=1S/C23H23N3/c24-17-19-5-7-23(8-6-19)26-15-11-22(12-16-26)21-9-13-25(14-10-21)18-20-3-1-2-4-20/h5-16,20H,1-4,18H2/q+2. The molecule has 0 aliphatic heterocycles. The molecule has 4 rings (SSSR count). The van der Waals surface area contributed by atoms with Crippen LogP contribution in [-0.4, -0.2) is 0 Å². The summed E-state index contributed by atoms with van der Waals surface area (Å²) in [6, 6.07) is 18.4. The fourth-order valence-electron chi connectivity index (χ4n) is 3.76. The average Bonchev–Trinajstić information content (AvgIpc) is 3.22. The molecule has 1 fully saturated rings. The number of hydrogen-bond donors (Lipinski definition) is 0.